The van der Waals surface area contributed by atoms with Crippen molar-refractivity contribution in [2.45, 2.75) is 45.3 Å². The Labute approximate surface area is 193 Å². The number of carbonyl (C=O) groups is 3. The third-order valence-corrected chi connectivity index (χ3v) is 5.28. The molecule has 0 saturated heterocycles. The van der Waals surface area contributed by atoms with Crippen molar-refractivity contribution in [2.75, 3.05) is 6.61 Å². The molecule has 0 radical (unpaired) electrons. The number of amides is 1. The molecule has 0 aliphatic heterocycles. The number of esters is 1. The summed E-state index contributed by atoms with van der Waals surface area (Å²) in [5.41, 5.74) is 1.43. The summed E-state index contributed by atoms with van der Waals surface area (Å²) in [5, 5.41) is 4.41. The molecule has 33 heavy (non-hydrogen) atoms. The van der Waals surface area contributed by atoms with Crippen molar-refractivity contribution in [3.05, 3.63) is 83.9 Å². The lowest BCUT2D eigenvalue weighted by Gasteiger charge is -2.17. The number of nitrogens with one attached hydrogen (secondary N) is 1. The molecule has 3 aromatic carbocycles. The van der Waals surface area contributed by atoms with Crippen molar-refractivity contribution in [1.29, 1.82) is 0 Å². The number of fused-ring (bicyclic) bond motifs is 1. The summed E-state index contributed by atoms with van der Waals surface area (Å²) in [6.07, 6.45) is 1.08. The molecule has 0 aliphatic rings. The van der Waals surface area contributed by atoms with Gasteiger partial charge in [0, 0.05) is 12.0 Å². The molecule has 0 saturated carbocycles. The number of hydrogen-bond acceptors (Lipinski definition) is 5. The average molecular weight is 448 g/mol. The normalized spacial score (nSPS) is 11.5. The Morgan fingerprint density at radius 2 is 1.61 bits per heavy atom. The molecule has 0 fully saturated rings. The van der Waals surface area contributed by atoms with E-state index in [0.717, 1.165) is 29.2 Å². The van der Waals surface area contributed by atoms with Gasteiger partial charge in [-0.05, 0) is 29.2 Å². The summed E-state index contributed by atoms with van der Waals surface area (Å²) in [5.74, 6) is -0.663. The van der Waals surface area contributed by atoms with Gasteiger partial charge >= 0.3 is 12.1 Å². The minimum absolute atomic E-state index is 0.0826. The van der Waals surface area contributed by atoms with Crippen molar-refractivity contribution in [3.63, 3.8) is 0 Å². The molecule has 3 rings (SSSR count). The van der Waals surface area contributed by atoms with Crippen LogP contribution in [0.1, 0.15) is 48.5 Å². The number of benzene rings is 3. The molecule has 0 heterocycles. The van der Waals surface area contributed by atoms with E-state index in [1.54, 1.807) is 6.07 Å². The molecule has 1 amide bonds. The van der Waals surface area contributed by atoms with E-state index in [4.69, 9.17) is 9.47 Å². The van der Waals surface area contributed by atoms with E-state index in [1.807, 2.05) is 73.7 Å². The lowest BCUT2D eigenvalue weighted by molar-refractivity contribution is -0.146. The summed E-state index contributed by atoms with van der Waals surface area (Å²) in [6.45, 7) is 2.34. The van der Waals surface area contributed by atoms with E-state index in [-0.39, 0.29) is 31.8 Å². The smallest absolute Gasteiger partial charge is 0.408 e. The number of alkyl carbamates (subject to hydrolysis) is 1. The molecule has 1 atom stereocenters. The van der Waals surface area contributed by atoms with Gasteiger partial charge in [0.15, 0.2) is 5.78 Å². The first-order valence-electron chi connectivity index (χ1n) is 11.2. The van der Waals surface area contributed by atoms with Crippen LogP contribution in [0.4, 0.5) is 4.79 Å². The van der Waals surface area contributed by atoms with Gasteiger partial charge in [-0.2, -0.15) is 0 Å². The summed E-state index contributed by atoms with van der Waals surface area (Å²) >= 11 is 0. The number of carbonyl (C=O) groups excluding carboxylic acids is 3. The van der Waals surface area contributed by atoms with Gasteiger partial charge in [0.1, 0.15) is 12.6 Å². The zero-order chi connectivity index (χ0) is 23.5. The second kappa shape index (κ2) is 12.4. The third kappa shape index (κ3) is 7.17. The highest BCUT2D eigenvalue weighted by molar-refractivity contribution is 6.08. The van der Waals surface area contributed by atoms with E-state index in [0.29, 0.717) is 5.56 Å². The van der Waals surface area contributed by atoms with E-state index < -0.39 is 18.1 Å². The van der Waals surface area contributed by atoms with Gasteiger partial charge < -0.3 is 14.8 Å². The van der Waals surface area contributed by atoms with Crippen molar-refractivity contribution >= 4 is 28.6 Å². The molecule has 1 unspecified atom stereocenters. The molecule has 0 bridgehead atoms. The lowest BCUT2D eigenvalue weighted by atomic mass is 9.97. The topological polar surface area (TPSA) is 81.7 Å². The maximum atomic E-state index is 12.9. The fraction of sp³-hybridized carbons (Fsp3) is 0.296. The lowest BCUT2D eigenvalue weighted by Crippen LogP contribution is -2.42. The molecule has 172 valence electrons. The highest BCUT2D eigenvalue weighted by atomic mass is 16.6. The summed E-state index contributed by atoms with van der Waals surface area (Å²) in [4.78, 5) is 37.9. The molecule has 3 aromatic rings. The second-order valence-electron chi connectivity index (χ2n) is 7.77. The fourth-order valence-electron chi connectivity index (χ4n) is 3.45. The van der Waals surface area contributed by atoms with Crippen LogP contribution in [0.15, 0.2) is 72.8 Å². The molecule has 0 aliphatic carbocycles. The monoisotopic (exact) mass is 447 g/mol. The molecular weight excluding hydrogens is 418 g/mol. The van der Waals surface area contributed by atoms with Crippen LogP contribution in [0.3, 0.4) is 0 Å². The van der Waals surface area contributed by atoms with Crippen LogP contribution in [0.5, 0.6) is 0 Å². The molecule has 0 aromatic heterocycles. The number of unbranched alkanes of at least 4 members (excludes halogenated alkanes) is 1. The van der Waals surface area contributed by atoms with Crippen LogP contribution >= 0.6 is 0 Å². The van der Waals surface area contributed by atoms with Gasteiger partial charge in [0.25, 0.3) is 0 Å². The van der Waals surface area contributed by atoms with Gasteiger partial charge in [0.05, 0.1) is 6.61 Å². The standard InChI is InChI=1S/C27H29NO5/c1-2-3-18-32-26(30)24(28-27(31)33-19-20-10-5-4-6-11-20)16-17-25(29)23-15-9-13-21-12-7-8-14-22(21)23/h4-15,24H,2-3,16-19H2,1H3,(H,28,31). The fourth-order valence-corrected chi connectivity index (χ4v) is 3.45. The first kappa shape index (κ1) is 24.0. The summed E-state index contributed by atoms with van der Waals surface area (Å²) in [6, 6.07) is 21.5. The maximum absolute atomic E-state index is 12.9. The van der Waals surface area contributed by atoms with Crippen molar-refractivity contribution < 1.29 is 23.9 Å². The Bertz CT molecular complexity index is 1070. The number of rotatable bonds is 11. The highest BCUT2D eigenvalue weighted by Crippen LogP contribution is 2.20. The molecular formula is C27H29NO5. The van der Waals surface area contributed by atoms with E-state index in [1.165, 1.54) is 0 Å². The van der Waals surface area contributed by atoms with Crippen molar-refractivity contribution in [2.24, 2.45) is 0 Å². The second-order valence-corrected chi connectivity index (χ2v) is 7.77. The number of Topliss-reactive ketones (excluding diaryl/α,β-unsaturated/α-hetero) is 1. The van der Waals surface area contributed by atoms with E-state index >= 15 is 0 Å². The van der Waals surface area contributed by atoms with Crippen LogP contribution in [0.2, 0.25) is 0 Å². The minimum Gasteiger partial charge on any atom is -0.464 e. The van der Waals surface area contributed by atoms with E-state index in [2.05, 4.69) is 5.32 Å². The van der Waals surface area contributed by atoms with E-state index in [9.17, 15) is 14.4 Å². The third-order valence-electron chi connectivity index (χ3n) is 5.28. The van der Waals surface area contributed by atoms with Crippen molar-refractivity contribution in [3.8, 4) is 0 Å². The number of hydrogen-bond donors (Lipinski definition) is 1. The number of ether oxygens (including phenoxy) is 2. The Morgan fingerprint density at radius 3 is 2.39 bits per heavy atom. The van der Waals surface area contributed by atoms with Gasteiger partial charge in [-0.25, -0.2) is 9.59 Å². The first-order chi connectivity index (χ1) is 16.1. The van der Waals surface area contributed by atoms with Crippen LogP contribution in [0, 0.1) is 0 Å². The SMILES string of the molecule is CCCCOC(=O)C(CCC(=O)c1cccc2ccccc12)NC(=O)OCc1ccccc1. The Hall–Kier alpha value is -3.67. The molecule has 6 heteroatoms. The zero-order valence-corrected chi connectivity index (χ0v) is 18.8. The van der Waals surface area contributed by atoms with Crippen molar-refractivity contribution in [1.82, 2.24) is 5.32 Å². The van der Waals surface area contributed by atoms with Crippen LogP contribution in [-0.2, 0) is 20.9 Å². The van der Waals surface area contributed by atoms with Gasteiger partial charge in [-0.15, -0.1) is 0 Å². The van der Waals surface area contributed by atoms with Crippen LogP contribution in [-0.4, -0.2) is 30.5 Å². The first-order valence-corrected chi connectivity index (χ1v) is 11.2. The van der Waals surface area contributed by atoms with Gasteiger partial charge in [-0.3, -0.25) is 4.79 Å². The summed E-state index contributed by atoms with van der Waals surface area (Å²) < 4.78 is 10.5. The van der Waals surface area contributed by atoms with Gasteiger partial charge in [0.2, 0.25) is 0 Å². The predicted molar refractivity (Wildman–Crippen MR) is 127 cm³/mol. The molecule has 6 nitrogen and oxygen atoms in total. The Morgan fingerprint density at radius 1 is 0.879 bits per heavy atom. The zero-order valence-electron chi connectivity index (χ0n) is 18.8. The Kier molecular flexibility index (Phi) is 9.00. The average Bonchev–Trinajstić information content (AvgIpc) is 2.85. The number of ketones is 1. The van der Waals surface area contributed by atoms with Crippen LogP contribution in [0.25, 0.3) is 10.8 Å². The maximum Gasteiger partial charge on any atom is 0.408 e. The minimum atomic E-state index is -0.968. The predicted octanol–water partition coefficient (Wildman–Crippen LogP) is 5.44. The van der Waals surface area contributed by atoms with Gasteiger partial charge in [-0.1, -0.05) is 86.1 Å². The summed E-state index contributed by atoms with van der Waals surface area (Å²) in [7, 11) is 0. The quantitative estimate of drug-likeness (QED) is 0.240. The van der Waals surface area contributed by atoms with Crippen LogP contribution < -0.4 is 5.32 Å². The molecule has 0 spiro atoms. The highest BCUT2D eigenvalue weighted by Gasteiger charge is 2.24. The Balaban J connectivity index is 1.63. The molecule has 1 N–H and O–H groups in total. The largest absolute Gasteiger partial charge is 0.464 e.